The van der Waals surface area contributed by atoms with Gasteiger partial charge in [0.05, 0.1) is 6.61 Å². The average molecular weight is 295 g/mol. The third kappa shape index (κ3) is 4.84. The van der Waals surface area contributed by atoms with Crippen LogP contribution in [0.5, 0.6) is 5.75 Å². The maximum Gasteiger partial charge on any atom is 0.328 e. The van der Waals surface area contributed by atoms with Crippen LogP contribution in [0.25, 0.3) is 6.08 Å². The Kier molecular flexibility index (Phi) is 5.30. The molecule has 1 heterocycles. The lowest BCUT2D eigenvalue weighted by Gasteiger charge is -2.30. The number of benzene rings is 1. The maximum atomic E-state index is 13.2. The normalized spacial score (nSPS) is 19.8. The number of aliphatic carboxylic acids is 1. The maximum absolute atomic E-state index is 13.2. The quantitative estimate of drug-likeness (QED) is 0.837. The van der Waals surface area contributed by atoms with E-state index in [9.17, 15) is 9.18 Å². The number of morpholine rings is 1. The lowest BCUT2D eigenvalue weighted by Crippen LogP contribution is -2.42. The molecule has 1 aliphatic rings. The van der Waals surface area contributed by atoms with Gasteiger partial charge < -0.3 is 19.5 Å². The van der Waals surface area contributed by atoms with Crippen LogP contribution < -0.4 is 4.74 Å². The predicted octanol–water partition coefficient (Wildman–Crippen LogP) is 1.63. The summed E-state index contributed by atoms with van der Waals surface area (Å²) >= 11 is 0. The third-order valence-electron chi connectivity index (χ3n) is 3.14. The van der Waals surface area contributed by atoms with Gasteiger partial charge in [-0.05, 0) is 31.3 Å². The minimum atomic E-state index is -1.09. The number of hydrogen-bond donors (Lipinski definition) is 1. The lowest BCUT2D eigenvalue weighted by molar-refractivity contribution is -0.131. The summed E-state index contributed by atoms with van der Waals surface area (Å²) in [5, 5.41) is 8.65. The number of nitrogens with zero attached hydrogens (tertiary/aromatic N) is 1. The van der Waals surface area contributed by atoms with Crippen LogP contribution in [-0.2, 0) is 9.53 Å². The van der Waals surface area contributed by atoms with Crippen LogP contribution in [-0.4, -0.2) is 55.4 Å². The van der Waals surface area contributed by atoms with Crippen LogP contribution in [0.4, 0.5) is 4.39 Å². The number of likely N-dealkylation sites (N-methyl/N-ethyl adjacent to an activating group) is 1. The molecular formula is C15H18FNO4. The molecular weight excluding hydrogens is 277 g/mol. The van der Waals surface area contributed by atoms with Crippen molar-refractivity contribution in [3.05, 3.63) is 35.7 Å². The van der Waals surface area contributed by atoms with Crippen molar-refractivity contribution in [2.24, 2.45) is 0 Å². The standard InChI is InChI=1S/C15H18FNO4/c1-17-6-7-20-13(9-17)10-21-14-4-3-12(16)8-11(14)2-5-15(18)19/h2-5,8,13H,6-7,9-10H2,1H3,(H,18,19)/b5-2+. The van der Waals surface area contributed by atoms with Crippen molar-refractivity contribution in [2.75, 3.05) is 33.4 Å². The fourth-order valence-electron chi connectivity index (χ4n) is 2.09. The van der Waals surface area contributed by atoms with Crippen LogP contribution in [0.1, 0.15) is 5.56 Å². The van der Waals surface area contributed by atoms with Crippen LogP contribution in [0, 0.1) is 5.82 Å². The minimum Gasteiger partial charge on any atom is -0.490 e. The smallest absolute Gasteiger partial charge is 0.328 e. The molecule has 0 spiro atoms. The third-order valence-corrected chi connectivity index (χ3v) is 3.14. The predicted molar refractivity (Wildman–Crippen MR) is 75.8 cm³/mol. The van der Waals surface area contributed by atoms with E-state index in [-0.39, 0.29) is 6.10 Å². The van der Waals surface area contributed by atoms with Gasteiger partial charge in [0.25, 0.3) is 0 Å². The lowest BCUT2D eigenvalue weighted by atomic mass is 10.2. The molecule has 0 saturated carbocycles. The summed E-state index contributed by atoms with van der Waals surface area (Å²) in [6, 6.07) is 4.01. The first-order chi connectivity index (χ1) is 10.0. The SMILES string of the molecule is CN1CCOC(COc2ccc(F)cc2/C=C/C(=O)O)C1. The number of carboxylic acids is 1. The summed E-state index contributed by atoms with van der Waals surface area (Å²) in [6.45, 7) is 2.64. The zero-order valence-electron chi connectivity index (χ0n) is 11.8. The van der Waals surface area contributed by atoms with E-state index in [0.717, 1.165) is 19.2 Å². The number of rotatable bonds is 5. The Balaban J connectivity index is 2.03. The van der Waals surface area contributed by atoms with Crippen molar-refractivity contribution >= 4 is 12.0 Å². The molecule has 114 valence electrons. The summed E-state index contributed by atoms with van der Waals surface area (Å²) < 4.78 is 24.5. The molecule has 1 aromatic carbocycles. The molecule has 1 fully saturated rings. The summed E-state index contributed by atoms with van der Waals surface area (Å²) in [4.78, 5) is 12.7. The number of hydrogen-bond acceptors (Lipinski definition) is 4. The molecule has 1 unspecified atom stereocenters. The van der Waals surface area contributed by atoms with Gasteiger partial charge in [0.2, 0.25) is 0 Å². The number of ether oxygens (including phenoxy) is 2. The Bertz CT molecular complexity index is 532. The first-order valence-electron chi connectivity index (χ1n) is 6.68. The van der Waals surface area contributed by atoms with Gasteiger partial charge >= 0.3 is 5.97 Å². The van der Waals surface area contributed by atoms with Gasteiger partial charge in [-0.2, -0.15) is 0 Å². The van der Waals surface area contributed by atoms with Crippen LogP contribution in [0.2, 0.25) is 0 Å². The van der Waals surface area contributed by atoms with Crippen molar-refractivity contribution in [3.63, 3.8) is 0 Å². The molecule has 0 aliphatic carbocycles. The molecule has 1 atom stereocenters. The zero-order chi connectivity index (χ0) is 15.2. The largest absolute Gasteiger partial charge is 0.490 e. The van der Waals surface area contributed by atoms with Crippen molar-refractivity contribution in [1.29, 1.82) is 0 Å². The van der Waals surface area contributed by atoms with Gasteiger partial charge in [-0.3, -0.25) is 0 Å². The monoisotopic (exact) mass is 295 g/mol. The van der Waals surface area contributed by atoms with Gasteiger partial charge in [-0.25, -0.2) is 9.18 Å². The van der Waals surface area contributed by atoms with E-state index >= 15 is 0 Å². The number of carbonyl (C=O) groups is 1. The van der Waals surface area contributed by atoms with Gasteiger partial charge in [-0.1, -0.05) is 0 Å². The second-order valence-electron chi connectivity index (χ2n) is 4.92. The molecule has 21 heavy (non-hydrogen) atoms. The summed E-state index contributed by atoms with van der Waals surface area (Å²) in [5.74, 6) is -1.10. The first-order valence-corrected chi connectivity index (χ1v) is 6.68. The molecule has 1 aromatic rings. The van der Waals surface area contributed by atoms with Crippen molar-refractivity contribution in [3.8, 4) is 5.75 Å². The molecule has 1 saturated heterocycles. The summed E-state index contributed by atoms with van der Waals surface area (Å²) in [7, 11) is 2.01. The Labute approximate surface area is 122 Å². The van der Waals surface area contributed by atoms with E-state index < -0.39 is 11.8 Å². The van der Waals surface area contributed by atoms with Crippen molar-refractivity contribution in [2.45, 2.75) is 6.10 Å². The molecule has 0 aromatic heterocycles. The molecule has 0 radical (unpaired) electrons. The topological polar surface area (TPSA) is 59.0 Å². The van der Waals surface area contributed by atoms with Crippen molar-refractivity contribution < 1.29 is 23.8 Å². The summed E-state index contributed by atoms with van der Waals surface area (Å²) in [5.41, 5.74) is 0.390. The Morgan fingerprint density at radius 2 is 2.43 bits per heavy atom. The van der Waals surface area contributed by atoms with Crippen LogP contribution >= 0.6 is 0 Å². The first kappa shape index (κ1) is 15.5. The Morgan fingerprint density at radius 1 is 1.62 bits per heavy atom. The van der Waals surface area contributed by atoms with E-state index in [1.54, 1.807) is 0 Å². The Morgan fingerprint density at radius 3 is 3.14 bits per heavy atom. The number of halogens is 1. The molecule has 2 rings (SSSR count). The van der Waals surface area contributed by atoms with Gasteiger partial charge in [0.1, 0.15) is 24.3 Å². The Hall–Kier alpha value is -1.92. The van der Waals surface area contributed by atoms with Crippen LogP contribution in [0.15, 0.2) is 24.3 Å². The minimum absolute atomic E-state index is 0.0508. The van der Waals surface area contributed by atoms with E-state index in [2.05, 4.69) is 4.90 Å². The van der Waals surface area contributed by atoms with Crippen molar-refractivity contribution in [1.82, 2.24) is 4.90 Å². The molecule has 5 nitrogen and oxygen atoms in total. The highest BCUT2D eigenvalue weighted by molar-refractivity contribution is 5.85. The number of carboxylic acid groups (broad SMARTS) is 1. The molecule has 6 heteroatoms. The average Bonchev–Trinajstić information content (AvgIpc) is 2.44. The van der Waals surface area contributed by atoms with E-state index in [1.165, 1.54) is 24.3 Å². The van der Waals surface area contributed by atoms with Gasteiger partial charge in [0.15, 0.2) is 0 Å². The van der Waals surface area contributed by atoms with Crippen LogP contribution in [0.3, 0.4) is 0 Å². The van der Waals surface area contributed by atoms with E-state index in [0.29, 0.717) is 24.5 Å². The fraction of sp³-hybridized carbons (Fsp3) is 0.400. The second kappa shape index (κ2) is 7.19. The molecule has 1 N–H and O–H groups in total. The molecule has 0 bridgehead atoms. The van der Waals surface area contributed by atoms with E-state index in [1.807, 2.05) is 7.05 Å². The highest BCUT2D eigenvalue weighted by atomic mass is 19.1. The van der Waals surface area contributed by atoms with Gasteiger partial charge in [0, 0.05) is 24.7 Å². The molecule has 1 aliphatic heterocycles. The second-order valence-corrected chi connectivity index (χ2v) is 4.92. The van der Waals surface area contributed by atoms with E-state index in [4.69, 9.17) is 14.6 Å². The highest BCUT2D eigenvalue weighted by Gasteiger charge is 2.18. The van der Waals surface area contributed by atoms with Gasteiger partial charge in [-0.15, -0.1) is 0 Å². The highest BCUT2D eigenvalue weighted by Crippen LogP contribution is 2.22. The summed E-state index contributed by atoms with van der Waals surface area (Å²) in [6.07, 6.45) is 2.21. The molecule has 0 amide bonds. The zero-order valence-corrected chi connectivity index (χ0v) is 11.8. The fourth-order valence-corrected chi connectivity index (χ4v) is 2.09.